The summed E-state index contributed by atoms with van der Waals surface area (Å²) in [6, 6.07) is 4.86. The van der Waals surface area contributed by atoms with Crippen LogP contribution in [0.3, 0.4) is 0 Å². The van der Waals surface area contributed by atoms with Gasteiger partial charge in [-0.15, -0.1) is 0 Å². The number of aliphatic carboxylic acids is 1. The Kier molecular flexibility index (Phi) is 4.98. The average molecular weight is 317 g/mol. The number of nitrogens with one attached hydrogen (secondary N) is 2. The maximum atomic E-state index is 12.1. The van der Waals surface area contributed by atoms with Gasteiger partial charge in [-0.25, -0.2) is 0 Å². The first kappa shape index (κ1) is 16.1. The molecule has 8 nitrogen and oxygen atoms in total. The van der Waals surface area contributed by atoms with Crippen molar-refractivity contribution in [2.75, 3.05) is 0 Å². The highest BCUT2D eigenvalue weighted by Crippen LogP contribution is 2.08. The lowest BCUT2D eigenvalue weighted by Crippen LogP contribution is -2.48. The van der Waals surface area contributed by atoms with Crippen molar-refractivity contribution in [3.05, 3.63) is 54.0 Å². The molecular weight excluding hydrogens is 304 g/mol. The molecule has 1 atom stereocenters. The van der Waals surface area contributed by atoms with Crippen LogP contribution in [0, 0.1) is 0 Å². The molecule has 2 rings (SSSR count). The Morgan fingerprint density at radius 1 is 1.17 bits per heavy atom. The quantitative estimate of drug-likeness (QED) is 0.717. The van der Waals surface area contributed by atoms with Crippen LogP contribution in [0.15, 0.2) is 51.3 Å². The van der Waals surface area contributed by atoms with Crippen LogP contribution in [-0.4, -0.2) is 23.8 Å². The Labute approximate surface area is 130 Å². The van der Waals surface area contributed by atoms with Crippen LogP contribution < -0.4 is 15.7 Å². The Bertz CT molecular complexity index is 715. The molecular formula is C15H13N2O6-. The van der Waals surface area contributed by atoms with Crippen molar-refractivity contribution in [2.24, 2.45) is 0 Å². The van der Waals surface area contributed by atoms with Gasteiger partial charge in [0.1, 0.15) is 11.5 Å². The average Bonchev–Trinajstić information content (AvgIpc) is 3.19. The number of hydrogen-bond acceptors (Lipinski definition) is 6. The molecule has 23 heavy (non-hydrogen) atoms. The molecule has 0 spiro atoms. The van der Waals surface area contributed by atoms with Crippen LogP contribution in [0.1, 0.15) is 23.2 Å². The number of carboxylic acid groups (broad SMARTS) is 1. The zero-order valence-corrected chi connectivity index (χ0v) is 12.1. The van der Waals surface area contributed by atoms with Crippen molar-refractivity contribution in [1.82, 2.24) is 10.6 Å². The predicted octanol–water partition coefficient (Wildman–Crippen LogP) is -0.102. The van der Waals surface area contributed by atoms with Crippen LogP contribution in [0.4, 0.5) is 0 Å². The highest BCUT2D eigenvalue weighted by Gasteiger charge is 2.18. The molecule has 0 aliphatic carbocycles. The van der Waals surface area contributed by atoms with Crippen LogP contribution in [-0.2, 0) is 9.59 Å². The van der Waals surface area contributed by atoms with Crippen molar-refractivity contribution < 1.29 is 28.3 Å². The van der Waals surface area contributed by atoms with Gasteiger partial charge in [-0.2, -0.15) is 0 Å². The third-order valence-electron chi connectivity index (χ3n) is 2.77. The number of hydrogen-bond donors (Lipinski definition) is 2. The largest absolute Gasteiger partial charge is 0.548 e. The maximum absolute atomic E-state index is 12.1. The predicted molar refractivity (Wildman–Crippen MR) is 75.5 cm³/mol. The zero-order chi connectivity index (χ0) is 16.8. The molecule has 2 amide bonds. The smallest absolute Gasteiger partial charge is 0.291 e. The van der Waals surface area contributed by atoms with Gasteiger partial charge in [0, 0.05) is 6.08 Å². The van der Waals surface area contributed by atoms with E-state index < -0.39 is 23.8 Å². The molecule has 120 valence electrons. The third kappa shape index (κ3) is 4.34. The van der Waals surface area contributed by atoms with Gasteiger partial charge >= 0.3 is 0 Å². The zero-order valence-electron chi connectivity index (χ0n) is 12.1. The summed E-state index contributed by atoms with van der Waals surface area (Å²) in [6.45, 7) is 1.24. The normalized spacial score (nSPS) is 12.5. The van der Waals surface area contributed by atoms with Gasteiger partial charge in [0.25, 0.3) is 11.8 Å². The fourth-order valence-corrected chi connectivity index (χ4v) is 1.60. The third-order valence-corrected chi connectivity index (χ3v) is 2.77. The first-order valence-electron chi connectivity index (χ1n) is 6.59. The first-order chi connectivity index (χ1) is 11.0. The molecule has 0 aliphatic rings. The molecule has 0 saturated heterocycles. The van der Waals surface area contributed by atoms with Crippen LogP contribution >= 0.6 is 0 Å². The molecule has 8 heteroatoms. The molecule has 0 saturated carbocycles. The van der Waals surface area contributed by atoms with E-state index in [9.17, 15) is 19.5 Å². The van der Waals surface area contributed by atoms with E-state index in [1.807, 2.05) is 0 Å². The van der Waals surface area contributed by atoms with Gasteiger partial charge in [-0.3, -0.25) is 9.59 Å². The molecule has 0 radical (unpaired) electrons. The second kappa shape index (κ2) is 7.12. The topological polar surface area (TPSA) is 125 Å². The molecule has 2 aromatic rings. The Morgan fingerprint density at radius 3 is 2.43 bits per heavy atom. The Morgan fingerprint density at radius 2 is 1.87 bits per heavy atom. The lowest BCUT2D eigenvalue weighted by molar-refractivity contribution is -0.307. The number of amides is 2. The van der Waals surface area contributed by atoms with E-state index >= 15 is 0 Å². The van der Waals surface area contributed by atoms with Gasteiger partial charge in [0.05, 0.1) is 24.5 Å². The van der Waals surface area contributed by atoms with Gasteiger partial charge in [0.15, 0.2) is 5.76 Å². The molecule has 0 bridgehead atoms. The summed E-state index contributed by atoms with van der Waals surface area (Å²) in [5.74, 6) is -2.62. The highest BCUT2D eigenvalue weighted by atomic mass is 16.4. The lowest BCUT2D eigenvalue weighted by atomic mass is 10.2. The summed E-state index contributed by atoms with van der Waals surface area (Å²) in [5.41, 5.74) is -0.200. The summed E-state index contributed by atoms with van der Waals surface area (Å²) >= 11 is 0. The number of carboxylic acids is 1. The number of rotatable bonds is 6. The van der Waals surface area contributed by atoms with Crippen LogP contribution in [0.25, 0.3) is 6.08 Å². The SMILES string of the molecule is C[C@H](NC(=O)/C(=C\c1ccco1)NC(=O)c1ccco1)C(=O)[O-]. The first-order valence-corrected chi connectivity index (χ1v) is 6.59. The van der Waals surface area contributed by atoms with E-state index in [2.05, 4.69) is 10.6 Å². The van der Waals surface area contributed by atoms with Gasteiger partial charge in [-0.1, -0.05) is 0 Å². The summed E-state index contributed by atoms with van der Waals surface area (Å²) in [6.07, 6.45) is 3.96. The standard InChI is InChI=1S/C15H14N2O6/c1-9(15(20)21)16-13(18)11(8-10-4-2-6-22-10)17-14(19)12-5-3-7-23-12/h2-9H,1H3,(H,16,18)(H,17,19)(H,20,21)/p-1/b11-8+/t9-/m0/s1. The van der Waals surface area contributed by atoms with Crippen molar-refractivity contribution >= 4 is 23.9 Å². The summed E-state index contributed by atoms with van der Waals surface area (Å²) in [7, 11) is 0. The van der Waals surface area contributed by atoms with Crippen molar-refractivity contribution in [3.63, 3.8) is 0 Å². The Balaban J connectivity index is 2.20. The highest BCUT2D eigenvalue weighted by molar-refractivity contribution is 6.05. The van der Waals surface area contributed by atoms with E-state index in [1.54, 1.807) is 12.1 Å². The monoisotopic (exact) mass is 317 g/mol. The summed E-state index contributed by atoms with van der Waals surface area (Å²) < 4.78 is 10.0. The fourth-order valence-electron chi connectivity index (χ4n) is 1.60. The van der Waals surface area contributed by atoms with Crippen LogP contribution in [0.5, 0.6) is 0 Å². The maximum Gasteiger partial charge on any atom is 0.291 e. The number of furan rings is 2. The molecule has 0 aliphatic heterocycles. The molecule has 2 N–H and O–H groups in total. The van der Waals surface area contributed by atoms with Gasteiger partial charge < -0.3 is 29.4 Å². The summed E-state index contributed by atoms with van der Waals surface area (Å²) in [4.78, 5) is 34.8. The van der Waals surface area contributed by atoms with Crippen LogP contribution in [0.2, 0.25) is 0 Å². The minimum absolute atomic E-state index is 0.00362. The second-order valence-corrected chi connectivity index (χ2v) is 4.52. The minimum Gasteiger partial charge on any atom is -0.548 e. The van der Waals surface area contributed by atoms with E-state index in [1.165, 1.54) is 37.7 Å². The summed E-state index contributed by atoms with van der Waals surface area (Å²) in [5, 5.41) is 15.2. The molecule has 0 unspecified atom stereocenters. The lowest BCUT2D eigenvalue weighted by Gasteiger charge is -2.16. The van der Waals surface area contributed by atoms with Gasteiger partial charge in [0.2, 0.25) is 0 Å². The van der Waals surface area contributed by atoms with E-state index in [0.717, 1.165) is 0 Å². The molecule has 0 aromatic carbocycles. The van der Waals surface area contributed by atoms with E-state index in [0.29, 0.717) is 5.76 Å². The molecule has 0 fully saturated rings. The number of carbonyl (C=O) groups excluding carboxylic acids is 3. The van der Waals surface area contributed by atoms with Crippen molar-refractivity contribution in [2.45, 2.75) is 13.0 Å². The van der Waals surface area contributed by atoms with E-state index in [4.69, 9.17) is 8.83 Å². The van der Waals surface area contributed by atoms with Gasteiger partial charge in [-0.05, 0) is 31.2 Å². The fraction of sp³-hybridized carbons (Fsp3) is 0.133. The number of carbonyl (C=O) groups is 3. The van der Waals surface area contributed by atoms with Crippen molar-refractivity contribution in [1.29, 1.82) is 0 Å². The van der Waals surface area contributed by atoms with Crippen molar-refractivity contribution in [3.8, 4) is 0 Å². The van der Waals surface area contributed by atoms with E-state index in [-0.39, 0.29) is 11.5 Å². The Hall–Kier alpha value is -3.29. The minimum atomic E-state index is -1.45. The second-order valence-electron chi connectivity index (χ2n) is 4.52. The molecule has 2 aromatic heterocycles. The molecule has 2 heterocycles.